The zero-order chi connectivity index (χ0) is 19.2. The molecule has 2 fully saturated rings. The maximum Gasteiger partial charge on any atom is 0.335 e. The molecule has 2 heteroatoms. The second kappa shape index (κ2) is 6.94. The topological polar surface area (TPSA) is 37.3 Å². The number of carbonyl (C=O) groups is 1. The van der Waals surface area contributed by atoms with Gasteiger partial charge in [-0.25, -0.2) is 4.79 Å². The Hall–Kier alpha value is -1.31. The van der Waals surface area contributed by atoms with Crippen LogP contribution >= 0.6 is 0 Å². The van der Waals surface area contributed by atoms with Gasteiger partial charge in [0.25, 0.3) is 0 Å². The Morgan fingerprint density at radius 2 is 2.00 bits per heavy atom. The highest BCUT2D eigenvalue weighted by molar-refractivity contribution is 5.91. The molecule has 148 valence electrons. The Bertz CT molecular complexity index is 699. The summed E-state index contributed by atoms with van der Waals surface area (Å²) in [6.07, 6.45) is 20.6. The van der Waals surface area contributed by atoms with E-state index in [2.05, 4.69) is 32.9 Å². The zero-order valence-corrected chi connectivity index (χ0v) is 17.3. The van der Waals surface area contributed by atoms with E-state index in [4.69, 9.17) is 0 Å². The average molecular weight is 369 g/mol. The van der Waals surface area contributed by atoms with Crippen molar-refractivity contribution in [3.8, 4) is 0 Å². The molecular weight excluding hydrogens is 332 g/mol. The van der Waals surface area contributed by atoms with Gasteiger partial charge >= 0.3 is 5.97 Å². The van der Waals surface area contributed by atoms with Crippen molar-refractivity contribution in [3.63, 3.8) is 0 Å². The number of carboxylic acid groups (broad SMARTS) is 1. The van der Waals surface area contributed by atoms with Gasteiger partial charge in [-0.2, -0.15) is 0 Å². The van der Waals surface area contributed by atoms with Crippen LogP contribution in [0.25, 0.3) is 0 Å². The van der Waals surface area contributed by atoms with Gasteiger partial charge in [0.2, 0.25) is 0 Å². The Morgan fingerprint density at radius 3 is 2.74 bits per heavy atom. The molecule has 0 aromatic heterocycles. The molecule has 4 aliphatic carbocycles. The summed E-state index contributed by atoms with van der Waals surface area (Å²) < 4.78 is 0. The molecule has 0 saturated heterocycles. The Morgan fingerprint density at radius 1 is 1.19 bits per heavy atom. The number of aliphatic carboxylic acids is 1. The van der Waals surface area contributed by atoms with Crippen LogP contribution in [0.1, 0.15) is 78.6 Å². The number of allylic oxidation sites excluding steroid dienone is 4. The number of unbranched alkanes of at least 4 members (excludes halogenated alkanes) is 2. The summed E-state index contributed by atoms with van der Waals surface area (Å²) in [5.41, 5.74) is 2.26. The van der Waals surface area contributed by atoms with E-state index in [1.165, 1.54) is 56.9 Å². The van der Waals surface area contributed by atoms with E-state index in [1.807, 2.05) is 12.2 Å². The van der Waals surface area contributed by atoms with Crippen molar-refractivity contribution < 1.29 is 9.90 Å². The van der Waals surface area contributed by atoms with E-state index in [-0.39, 0.29) is 5.41 Å². The van der Waals surface area contributed by atoms with Gasteiger partial charge in [0.1, 0.15) is 0 Å². The van der Waals surface area contributed by atoms with Gasteiger partial charge in [-0.05, 0) is 79.3 Å². The first-order valence-corrected chi connectivity index (χ1v) is 11.2. The van der Waals surface area contributed by atoms with Gasteiger partial charge in [0, 0.05) is 5.41 Å². The number of hydrogen-bond donors (Lipinski definition) is 1. The van der Waals surface area contributed by atoms with Crippen LogP contribution in [0.4, 0.5) is 0 Å². The smallest absolute Gasteiger partial charge is 0.335 e. The molecule has 0 aromatic carbocycles. The third kappa shape index (κ3) is 2.95. The van der Waals surface area contributed by atoms with Gasteiger partial charge in [0.05, 0.1) is 5.57 Å². The third-order valence-corrected chi connectivity index (χ3v) is 8.96. The van der Waals surface area contributed by atoms with Crippen LogP contribution in [0, 0.1) is 34.5 Å². The van der Waals surface area contributed by atoms with Crippen LogP contribution in [0.15, 0.2) is 35.5 Å². The summed E-state index contributed by atoms with van der Waals surface area (Å²) in [4.78, 5) is 11.4. The molecule has 27 heavy (non-hydrogen) atoms. The van der Waals surface area contributed by atoms with Crippen molar-refractivity contribution in [2.24, 2.45) is 34.5 Å². The largest absolute Gasteiger partial charge is 0.478 e. The van der Waals surface area contributed by atoms with Gasteiger partial charge in [-0.1, -0.05) is 58.3 Å². The van der Waals surface area contributed by atoms with E-state index in [1.54, 1.807) is 0 Å². The average Bonchev–Trinajstić information content (AvgIpc) is 2.97. The normalized spacial score (nSPS) is 42.6. The first kappa shape index (κ1) is 19.0. The van der Waals surface area contributed by atoms with Gasteiger partial charge in [0.15, 0.2) is 0 Å². The summed E-state index contributed by atoms with van der Waals surface area (Å²) in [6.45, 7) is 7.27. The second-order valence-corrected chi connectivity index (χ2v) is 10.1. The molecule has 1 N–H and O–H groups in total. The summed E-state index contributed by atoms with van der Waals surface area (Å²) in [6, 6.07) is 0. The standard InChI is InChI=1S/C25H36O2/c1-4-5-6-7-18-9-11-21-20-10-8-19-16-17(23(26)27)12-14-25(19,3)22(20)13-15-24(18,21)2/h8,12,14,16,18,20-22H,4-7,9-11,13,15H2,1-3H3,(H,26,27)/t18-,20-,21-,22-,24+,25-/m0/s1. The fourth-order valence-corrected chi connectivity index (χ4v) is 7.33. The SMILES string of the molecule is CCCCC[C@H]1CC[C@H]2[C@@H]3CC=C4C=C(C(=O)O)C=C[C@]4(C)[C@H]3CC[C@]12C. The Balaban J connectivity index is 1.57. The maximum absolute atomic E-state index is 11.4. The molecule has 4 aliphatic rings. The van der Waals surface area contributed by atoms with E-state index in [0.29, 0.717) is 16.9 Å². The minimum atomic E-state index is -0.807. The Kier molecular flexibility index (Phi) is 4.89. The van der Waals surface area contributed by atoms with Gasteiger partial charge in [-0.15, -0.1) is 0 Å². The van der Waals surface area contributed by atoms with Crippen molar-refractivity contribution >= 4 is 5.97 Å². The lowest BCUT2D eigenvalue weighted by atomic mass is 9.48. The predicted octanol–water partition coefficient (Wildman–Crippen LogP) is 6.54. The number of fused-ring (bicyclic) bond motifs is 5. The highest BCUT2D eigenvalue weighted by Crippen LogP contribution is 2.65. The summed E-state index contributed by atoms with van der Waals surface area (Å²) in [7, 11) is 0. The molecule has 2 saturated carbocycles. The quantitative estimate of drug-likeness (QED) is 0.559. The molecule has 0 bridgehead atoms. The summed E-state index contributed by atoms with van der Waals surface area (Å²) in [5, 5.41) is 9.37. The zero-order valence-electron chi connectivity index (χ0n) is 17.3. The van der Waals surface area contributed by atoms with Crippen LogP contribution < -0.4 is 0 Å². The van der Waals surface area contributed by atoms with Crippen LogP contribution in [-0.2, 0) is 4.79 Å². The fraction of sp³-hybridized carbons (Fsp3) is 0.720. The lowest BCUT2D eigenvalue weighted by Crippen LogP contribution is -2.48. The van der Waals surface area contributed by atoms with Crippen LogP contribution in [0.2, 0.25) is 0 Å². The number of carboxylic acids is 1. The molecule has 0 aliphatic heterocycles. The fourth-order valence-electron chi connectivity index (χ4n) is 7.33. The molecule has 0 aromatic rings. The van der Waals surface area contributed by atoms with Crippen LogP contribution in [0.3, 0.4) is 0 Å². The van der Waals surface area contributed by atoms with Gasteiger partial charge < -0.3 is 5.11 Å². The lowest BCUT2D eigenvalue weighted by Gasteiger charge is -2.56. The molecule has 0 spiro atoms. The molecule has 0 radical (unpaired) electrons. The number of hydrogen-bond acceptors (Lipinski definition) is 1. The Labute approximate surface area is 164 Å². The van der Waals surface area contributed by atoms with Crippen molar-refractivity contribution in [1.82, 2.24) is 0 Å². The minimum absolute atomic E-state index is 0.0312. The first-order chi connectivity index (χ1) is 12.9. The monoisotopic (exact) mass is 368 g/mol. The minimum Gasteiger partial charge on any atom is -0.478 e. The molecule has 0 heterocycles. The van der Waals surface area contributed by atoms with Crippen molar-refractivity contribution in [2.45, 2.75) is 78.6 Å². The second-order valence-electron chi connectivity index (χ2n) is 10.1. The summed E-state index contributed by atoms with van der Waals surface area (Å²) in [5.74, 6) is 2.42. The van der Waals surface area contributed by atoms with E-state index in [0.717, 1.165) is 24.2 Å². The molecule has 6 atom stereocenters. The molecule has 2 nitrogen and oxygen atoms in total. The number of rotatable bonds is 5. The molecule has 4 rings (SSSR count). The summed E-state index contributed by atoms with van der Waals surface area (Å²) >= 11 is 0. The lowest BCUT2D eigenvalue weighted by molar-refractivity contribution is -0.132. The van der Waals surface area contributed by atoms with E-state index < -0.39 is 5.97 Å². The molecule has 0 amide bonds. The van der Waals surface area contributed by atoms with Crippen molar-refractivity contribution in [2.75, 3.05) is 0 Å². The highest BCUT2D eigenvalue weighted by atomic mass is 16.4. The molecular formula is C25H36O2. The van der Waals surface area contributed by atoms with Gasteiger partial charge in [-0.3, -0.25) is 0 Å². The first-order valence-electron chi connectivity index (χ1n) is 11.2. The van der Waals surface area contributed by atoms with E-state index >= 15 is 0 Å². The highest BCUT2D eigenvalue weighted by Gasteiger charge is 2.57. The van der Waals surface area contributed by atoms with Crippen LogP contribution in [-0.4, -0.2) is 11.1 Å². The van der Waals surface area contributed by atoms with Crippen LogP contribution in [0.5, 0.6) is 0 Å². The van der Waals surface area contributed by atoms with Crippen molar-refractivity contribution in [3.05, 3.63) is 35.5 Å². The molecule has 0 unspecified atom stereocenters. The predicted molar refractivity (Wildman–Crippen MR) is 110 cm³/mol. The third-order valence-electron chi connectivity index (χ3n) is 8.96. The van der Waals surface area contributed by atoms with Crippen molar-refractivity contribution in [1.29, 1.82) is 0 Å². The van der Waals surface area contributed by atoms with E-state index in [9.17, 15) is 9.90 Å². The maximum atomic E-state index is 11.4.